The van der Waals surface area contributed by atoms with Gasteiger partial charge in [0.15, 0.2) is 0 Å². The number of amides is 2. The largest absolute Gasteiger partial charge is 0.466 e. The lowest BCUT2D eigenvalue weighted by Crippen LogP contribution is -2.45. The van der Waals surface area contributed by atoms with Gasteiger partial charge in [0, 0.05) is 38.5 Å². The number of piperidine rings is 1. The average molecular weight is 443 g/mol. The Hall–Kier alpha value is -3.76. The molecule has 1 aliphatic rings. The van der Waals surface area contributed by atoms with Gasteiger partial charge in [-0.3, -0.25) is 24.5 Å². The van der Waals surface area contributed by atoms with Crippen LogP contribution in [0.3, 0.4) is 0 Å². The zero-order valence-electron chi connectivity index (χ0n) is 18.0. The van der Waals surface area contributed by atoms with Gasteiger partial charge in [0.2, 0.25) is 5.91 Å². The molecule has 32 heavy (non-hydrogen) atoms. The van der Waals surface area contributed by atoms with Crippen molar-refractivity contribution in [2.45, 2.75) is 19.8 Å². The van der Waals surface area contributed by atoms with Crippen molar-refractivity contribution in [3.8, 4) is 5.69 Å². The fourth-order valence-electron chi connectivity index (χ4n) is 3.52. The summed E-state index contributed by atoms with van der Waals surface area (Å²) in [4.78, 5) is 50.4. The first-order chi connectivity index (χ1) is 15.3. The van der Waals surface area contributed by atoms with Gasteiger partial charge < -0.3 is 14.5 Å². The van der Waals surface area contributed by atoms with E-state index < -0.39 is 4.92 Å². The van der Waals surface area contributed by atoms with Crippen LogP contribution >= 0.6 is 0 Å². The second kappa shape index (κ2) is 10.0. The van der Waals surface area contributed by atoms with Gasteiger partial charge in [0.05, 0.1) is 41.4 Å². The lowest BCUT2D eigenvalue weighted by molar-refractivity contribution is -0.384. The van der Waals surface area contributed by atoms with Crippen molar-refractivity contribution in [2.24, 2.45) is 5.92 Å². The number of nitro groups is 1. The maximum absolute atomic E-state index is 12.7. The minimum atomic E-state index is -0.493. The van der Waals surface area contributed by atoms with Gasteiger partial charge in [-0.1, -0.05) is 0 Å². The van der Waals surface area contributed by atoms with Crippen LogP contribution in [-0.2, 0) is 14.3 Å². The Balaban J connectivity index is 1.55. The second-order valence-electron chi connectivity index (χ2n) is 7.52. The molecule has 2 heterocycles. The zero-order valence-corrected chi connectivity index (χ0v) is 18.0. The van der Waals surface area contributed by atoms with Crippen LogP contribution in [0.4, 0.5) is 5.69 Å². The summed E-state index contributed by atoms with van der Waals surface area (Å²) in [5.41, 5.74) is 0.819. The highest BCUT2D eigenvalue weighted by Gasteiger charge is 2.29. The highest BCUT2D eigenvalue weighted by atomic mass is 16.6. The molecule has 0 unspecified atom stereocenters. The molecule has 2 aromatic rings. The van der Waals surface area contributed by atoms with Gasteiger partial charge in [-0.2, -0.15) is 5.10 Å². The monoisotopic (exact) mass is 443 g/mol. The smallest absolute Gasteiger partial charge is 0.309 e. The highest BCUT2D eigenvalue weighted by Crippen LogP contribution is 2.19. The first kappa shape index (κ1) is 22.9. The van der Waals surface area contributed by atoms with Crippen LogP contribution in [0.15, 0.2) is 36.7 Å². The molecule has 11 heteroatoms. The number of non-ortho nitro benzene ring substituents is 1. The number of carbonyl (C=O) groups excluding carboxylic acids is 3. The molecule has 0 bridgehead atoms. The van der Waals surface area contributed by atoms with Gasteiger partial charge in [-0.05, 0) is 31.9 Å². The molecule has 170 valence electrons. The fourth-order valence-corrected chi connectivity index (χ4v) is 3.52. The Morgan fingerprint density at radius 2 is 1.88 bits per heavy atom. The molecular weight excluding hydrogens is 418 g/mol. The van der Waals surface area contributed by atoms with Crippen LogP contribution in [0.25, 0.3) is 5.69 Å². The van der Waals surface area contributed by atoms with Crippen LogP contribution < -0.4 is 0 Å². The number of benzene rings is 1. The number of carbonyl (C=O) groups is 3. The van der Waals surface area contributed by atoms with Crippen molar-refractivity contribution >= 4 is 23.5 Å². The lowest BCUT2D eigenvalue weighted by atomic mass is 9.97. The van der Waals surface area contributed by atoms with Crippen molar-refractivity contribution in [1.29, 1.82) is 0 Å². The van der Waals surface area contributed by atoms with Gasteiger partial charge in [0.25, 0.3) is 11.6 Å². The molecule has 2 amide bonds. The molecule has 1 aromatic carbocycles. The Bertz CT molecular complexity index is 994. The number of nitro benzene ring substituents is 1. The summed E-state index contributed by atoms with van der Waals surface area (Å²) in [5.74, 6) is -0.973. The topological polar surface area (TPSA) is 128 Å². The third-order valence-corrected chi connectivity index (χ3v) is 5.34. The number of nitrogens with zero attached hydrogens (tertiary/aromatic N) is 5. The number of rotatable bonds is 7. The maximum atomic E-state index is 12.7. The minimum absolute atomic E-state index is 0.0401. The Kier molecular flexibility index (Phi) is 7.18. The summed E-state index contributed by atoms with van der Waals surface area (Å²) >= 11 is 0. The summed E-state index contributed by atoms with van der Waals surface area (Å²) in [6.07, 6.45) is 3.99. The van der Waals surface area contributed by atoms with E-state index in [1.165, 1.54) is 53.3 Å². The third-order valence-electron chi connectivity index (χ3n) is 5.34. The zero-order chi connectivity index (χ0) is 23.3. The van der Waals surface area contributed by atoms with E-state index in [1.807, 2.05) is 0 Å². The van der Waals surface area contributed by atoms with Crippen LogP contribution in [0.2, 0.25) is 0 Å². The molecule has 0 radical (unpaired) electrons. The molecule has 11 nitrogen and oxygen atoms in total. The van der Waals surface area contributed by atoms with E-state index in [9.17, 15) is 24.5 Å². The van der Waals surface area contributed by atoms with Crippen LogP contribution in [0, 0.1) is 16.0 Å². The van der Waals surface area contributed by atoms with E-state index >= 15 is 0 Å². The number of hydrogen-bond donors (Lipinski definition) is 0. The summed E-state index contributed by atoms with van der Waals surface area (Å²) in [5, 5.41) is 14.9. The summed E-state index contributed by atoms with van der Waals surface area (Å²) in [7, 11) is 1.54. The molecule has 1 aromatic heterocycles. The maximum Gasteiger partial charge on any atom is 0.309 e. The molecule has 1 aliphatic heterocycles. The SMILES string of the molecule is CCOC(=O)C1CCN(C(=O)CN(C)C(=O)c2cnn(-c3ccc([N+](=O)[O-])cc3)c2)CC1. The molecule has 3 rings (SSSR count). The van der Waals surface area contributed by atoms with Crippen LogP contribution in [-0.4, -0.2) is 75.6 Å². The third kappa shape index (κ3) is 5.29. The Morgan fingerprint density at radius 1 is 1.22 bits per heavy atom. The fraction of sp³-hybridized carbons (Fsp3) is 0.429. The Labute approximate surface area is 184 Å². The summed E-state index contributed by atoms with van der Waals surface area (Å²) in [6, 6.07) is 5.78. The molecular formula is C21H25N5O6. The number of likely N-dealkylation sites (N-methyl/N-ethyl adjacent to an activating group) is 1. The first-order valence-corrected chi connectivity index (χ1v) is 10.3. The predicted octanol–water partition coefficient (Wildman–Crippen LogP) is 1.65. The van der Waals surface area contributed by atoms with Crippen molar-refractivity contribution < 1.29 is 24.0 Å². The minimum Gasteiger partial charge on any atom is -0.466 e. The van der Waals surface area contributed by atoms with E-state index in [1.54, 1.807) is 11.8 Å². The molecule has 0 aliphatic carbocycles. The van der Waals surface area contributed by atoms with E-state index in [-0.39, 0.29) is 35.9 Å². The molecule has 1 fully saturated rings. The van der Waals surface area contributed by atoms with E-state index in [0.717, 1.165) is 0 Å². The summed E-state index contributed by atoms with van der Waals surface area (Å²) in [6.45, 7) is 2.90. The second-order valence-corrected chi connectivity index (χ2v) is 7.52. The number of esters is 1. The average Bonchev–Trinajstić information content (AvgIpc) is 3.29. The van der Waals surface area contributed by atoms with Crippen molar-refractivity contribution in [3.63, 3.8) is 0 Å². The van der Waals surface area contributed by atoms with Crippen molar-refractivity contribution in [1.82, 2.24) is 19.6 Å². The van der Waals surface area contributed by atoms with Gasteiger partial charge >= 0.3 is 5.97 Å². The molecule has 0 spiro atoms. The number of aromatic nitrogens is 2. The number of hydrogen-bond acceptors (Lipinski definition) is 7. The van der Waals surface area contributed by atoms with Gasteiger partial charge in [-0.25, -0.2) is 4.68 Å². The van der Waals surface area contributed by atoms with Crippen molar-refractivity contribution in [2.75, 3.05) is 33.3 Å². The van der Waals surface area contributed by atoms with Gasteiger partial charge in [-0.15, -0.1) is 0 Å². The van der Waals surface area contributed by atoms with E-state index in [0.29, 0.717) is 43.8 Å². The van der Waals surface area contributed by atoms with E-state index in [2.05, 4.69) is 5.10 Å². The number of likely N-dealkylation sites (tertiary alicyclic amines) is 1. The number of ether oxygens (including phenoxy) is 1. The van der Waals surface area contributed by atoms with E-state index in [4.69, 9.17) is 4.74 Å². The Morgan fingerprint density at radius 3 is 2.47 bits per heavy atom. The highest BCUT2D eigenvalue weighted by molar-refractivity contribution is 5.96. The molecule has 0 N–H and O–H groups in total. The quantitative estimate of drug-likeness (QED) is 0.362. The standard InChI is InChI=1S/C21H25N5O6/c1-3-32-21(29)15-8-10-24(11-9-15)19(27)14-23(2)20(28)16-12-22-25(13-16)17-4-6-18(7-5-17)26(30)31/h4-7,12-13,15H,3,8-11,14H2,1-2H3. The van der Waals surface area contributed by atoms with Gasteiger partial charge in [0.1, 0.15) is 0 Å². The van der Waals surface area contributed by atoms with Crippen molar-refractivity contribution in [3.05, 3.63) is 52.3 Å². The van der Waals surface area contributed by atoms with Crippen LogP contribution in [0.1, 0.15) is 30.1 Å². The van der Waals surface area contributed by atoms with Crippen LogP contribution in [0.5, 0.6) is 0 Å². The molecule has 1 saturated heterocycles. The predicted molar refractivity (Wildman–Crippen MR) is 113 cm³/mol. The lowest BCUT2D eigenvalue weighted by Gasteiger charge is -2.32. The first-order valence-electron chi connectivity index (χ1n) is 10.3. The summed E-state index contributed by atoms with van der Waals surface area (Å²) < 4.78 is 6.48. The molecule has 0 saturated carbocycles. The molecule has 0 atom stereocenters. The normalized spacial score (nSPS) is 14.1.